The molecule has 2 rings (SSSR count). The summed E-state index contributed by atoms with van der Waals surface area (Å²) in [5.74, 6) is 0.255. The number of halogens is 1. The maximum atomic E-state index is 12.2. The molecular formula is C17H19ClN2O3. The molecule has 122 valence electrons. The van der Waals surface area contributed by atoms with Crippen LogP contribution in [0.15, 0.2) is 30.3 Å². The predicted molar refractivity (Wildman–Crippen MR) is 89.0 cm³/mol. The SMILES string of the molecule is COc1ccc(Cl)cc1C(O)CNC(=O)c1cc(C)nc(C)c1. The molecule has 0 fully saturated rings. The lowest BCUT2D eigenvalue weighted by atomic mass is 10.1. The van der Waals surface area contributed by atoms with Gasteiger partial charge in [-0.05, 0) is 44.2 Å². The lowest BCUT2D eigenvalue weighted by Gasteiger charge is -2.16. The van der Waals surface area contributed by atoms with Crippen LogP contribution in [0, 0.1) is 13.8 Å². The quantitative estimate of drug-likeness (QED) is 0.882. The van der Waals surface area contributed by atoms with Gasteiger partial charge in [-0.25, -0.2) is 0 Å². The molecule has 0 saturated carbocycles. The first-order valence-corrected chi connectivity index (χ1v) is 7.53. The van der Waals surface area contributed by atoms with Gasteiger partial charge in [0.25, 0.3) is 5.91 Å². The first-order valence-electron chi connectivity index (χ1n) is 7.15. The number of hydrogen-bond donors (Lipinski definition) is 2. The number of pyridine rings is 1. The van der Waals surface area contributed by atoms with Gasteiger partial charge >= 0.3 is 0 Å². The highest BCUT2D eigenvalue weighted by Crippen LogP contribution is 2.28. The second-order valence-electron chi connectivity index (χ2n) is 5.25. The summed E-state index contributed by atoms with van der Waals surface area (Å²) in [6.45, 7) is 3.71. The third-order valence-corrected chi connectivity index (χ3v) is 3.59. The Morgan fingerprint density at radius 1 is 1.30 bits per heavy atom. The van der Waals surface area contributed by atoms with Gasteiger partial charge < -0.3 is 15.2 Å². The molecule has 6 heteroatoms. The monoisotopic (exact) mass is 334 g/mol. The first kappa shape index (κ1) is 17.2. The number of hydrogen-bond acceptors (Lipinski definition) is 4. The number of benzene rings is 1. The van der Waals surface area contributed by atoms with E-state index in [1.807, 2.05) is 13.8 Å². The van der Waals surface area contributed by atoms with E-state index in [4.69, 9.17) is 16.3 Å². The maximum Gasteiger partial charge on any atom is 0.251 e. The van der Waals surface area contributed by atoms with E-state index in [2.05, 4.69) is 10.3 Å². The fourth-order valence-corrected chi connectivity index (χ4v) is 2.51. The number of aliphatic hydroxyl groups is 1. The van der Waals surface area contributed by atoms with Gasteiger partial charge in [0.1, 0.15) is 5.75 Å². The van der Waals surface area contributed by atoms with Crippen LogP contribution in [-0.2, 0) is 0 Å². The number of aryl methyl sites for hydroxylation is 2. The van der Waals surface area contributed by atoms with Crippen molar-refractivity contribution in [1.82, 2.24) is 10.3 Å². The Morgan fingerprint density at radius 3 is 2.57 bits per heavy atom. The number of rotatable bonds is 5. The third-order valence-electron chi connectivity index (χ3n) is 3.35. The van der Waals surface area contributed by atoms with Crippen molar-refractivity contribution in [3.8, 4) is 5.75 Å². The smallest absolute Gasteiger partial charge is 0.251 e. The van der Waals surface area contributed by atoms with Crippen LogP contribution < -0.4 is 10.1 Å². The van der Waals surface area contributed by atoms with Crippen LogP contribution in [0.5, 0.6) is 5.75 Å². The highest BCUT2D eigenvalue weighted by atomic mass is 35.5. The Labute approximate surface area is 140 Å². The molecule has 1 aromatic carbocycles. The summed E-state index contributed by atoms with van der Waals surface area (Å²) in [6, 6.07) is 8.39. The van der Waals surface area contributed by atoms with Gasteiger partial charge in [-0.3, -0.25) is 9.78 Å². The molecule has 5 nitrogen and oxygen atoms in total. The summed E-state index contributed by atoms with van der Waals surface area (Å²) in [5.41, 5.74) is 2.59. The maximum absolute atomic E-state index is 12.2. The molecule has 0 radical (unpaired) electrons. The highest BCUT2D eigenvalue weighted by Gasteiger charge is 2.16. The number of ether oxygens (including phenoxy) is 1. The number of carbonyl (C=O) groups is 1. The zero-order chi connectivity index (χ0) is 17.0. The molecule has 0 spiro atoms. The van der Waals surface area contributed by atoms with Crippen molar-refractivity contribution >= 4 is 17.5 Å². The molecule has 0 saturated heterocycles. The van der Waals surface area contributed by atoms with Crippen molar-refractivity contribution in [3.63, 3.8) is 0 Å². The van der Waals surface area contributed by atoms with E-state index in [9.17, 15) is 9.90 Å². The largest absolute Gasteiger partial charge is 0.496 e. The van der Waals surface area contributed by atoms with E-state index in [0.29, 0.717) is 21.9 Å². The standard InChI is InChI=1S/C17H19ClN2O3/c1-10-6-12(7-11(2)20-10)17(22)19-9-15(21)14-8-13(18)4-5-16(14)23-3/h4-8,15,21H,9H2,1-3H3,(H,19,22). The van der Waals surface area contributed by atoms with Gasteiger partial charge in [-0.1, -0.05) is 11.6 Å². The summed E-state index contributed by atoms with van der Waals surface area (Å²) < 4.78 is 5.20. The lowest BCUT2D eigenvalue weighted by Crippen LogP contribution is -2.28. The normalized spacial score (nSPS) is 11.9. The molecule has 1 unspecified atom stereocenters. The van der Waals surface area contributed by atoms with Crippen LogP contribution in [0.25, 0.3) is 0 Å². The molecule has 2 N–H and O–H groups in total. The number of nitrogens with zero attached hydrogens (tertiary/aromatic N) is 1. The Balaban J connectivity index is 2.08. The zero-order valence-corrected chi connectivity index (χ0v) is 14.0. The molecule has 1 aromatic heterocycles. The average molecular weight is 335 g/mol. The summed E-state index contributed by atoms with van der Waals surface area (Å²) in [4.78, 5) is 16.4. The molecule has 0 bridgehead atoms. The van der Waals surface area contributed by atoms with Gasteiger partial charge in [0.05, 0.1) is 13.2 Å². The van der Waals surface area contributed by atoms with Gasteiger partial charge in [0.15, 0.2) is 0 Å². The van der Waals surface area contributed by atoms with Crippen molar-refractivity contribution < 1.29 is 14.6 Å². The van der Waals surface area contributed by atoms with Crippen molar-refractivity contribution in [1.29, 1.82) is 0 Å². The van der Waals surface area contributed by atoms with E-state index in [1.165, 1.54) is 7.11 Å². The summed E-state index contributed by atoms with van der Waals surface area (Å²) in [6.07, 6.45) is -0.920. The van der Waals surface area contributed by atoms with Gasteiger partial charge in [-0.2, -0.15) is 0 Å². The fourth-order valence-electron chi connectivity index (χ4n) is 2.33. The first-order chi connectivity index (χ1) is 10.9. The van der Waals surface area contributed by atoms with Crippen molar-refractivity contribution in [2.45, 2.75) is 20.0 Å². The third kappa shape index (κ3) is 4.43. The minimum absolute atomic E-state index is 0.0515. The van der Waals surface area contributed by atoms with Crippen LogP contribution in [0.4, 0.5) is 0 Å². The Kier molecular flexibility index (Phi) is 5.58. The summed E-state index contributed by atoms with van der Waals surface area (Å²) in [5, 5.41) is 13.5. The molecular weight excluding hydrogens is 316 g/mol. The predicted octanol–water partition coefficient (Wildman–Crippen LogP) is 2.82. The summed E-state index contributed by atoms with van der Waals surface area (Å²) >= 11 is 5.95. The van der Waals surface area contributed by atoms with Crippen LogP contribution in [-0.4, -0.2) is 29.7 Å². The van der Waals surface area contributed by atoms with E-state index >= 15 is 0 Å². The number of amides is 1. The number of nitrogens with one attached hydrogen (secondary N) is 1. The fraction of sp³-hybridized carbons (Fsp3) is 0.294. The van der Waals surface area contributed by atoms with Gasteiger partial charge in [0, 0.05) is 34.1 Å². The minimum Gasteiger partial charge on any atom is -0.496 e. The molecule has 0 aliphatic carbocycles. The van der Waals surface area contributed by atoms with Crippen molar-refractivity contribution in [2.24, 2.45) is 0 Å². The second-order valence-corrected chi connectivity index (χ2v) is 5.69. The molecule has 1 heterocycles. The minimum atomic E-state index is -0.920. The average Bonchev–Trinajstić information content (AvgIpc) is 2.51. The number of carbonyl (C=O) groups excluding carboxylic acids is 1. The van der Waals surface area contributed by atoms with E-state index < -0.39 is 6.10 Å². The Morgan fingerprint density at radius 2 is 1.96 bits per heavy atom. The number of aromatic nitrogens is 1. The molecule has 0 aliphatic rings. The highest BCUT2D eigenvalue weighted by molar-refractivity contribution is 6.30. The molecule has 0 aliphatic heterocycles. The number of methoxy groups -OCH3 is 1. The lowest BCUT2D eigenvalue weighted by molar-refractivity contribution is 0.0914. The van der Waals surface area contributed by atoms with Crippen LogP contribution >= 0.6 is 11.6 Å². The van der Waals surface area contributed by atoms with Crippen LogP contribution in [0.1, 0.15) is 33.4 Å². The van der Waals surface area contributed by atoms with Crippen LogP contribution in [0.3, 0.4) is 0 Å². The molecule has 1 amide bonds. The van der Waals surface area contributed by atoms with Crippen LogP contribution in [0.2, 0.25) is 5.02 Å². The molecule has 23 heavy (non-hydrogen) atoms. The zero-order valence-electron chi connectivity index (χ0n) is 13.3. The van der Waals surface area contributed by atoms with Gasteiger partial charge in [-0.15, -0.1) is 0 Å². The van der Waals surface area contributed by atoms with E-state index in [-0.39, 0.29) is 12.5 Å². The van der Waals surface area contributed by atoms with Crippen molar-refractivity contribution in [2.75, 3.05) is 13.7 Å². The topological polar surface area (TPSA) is 71.5 Å². The van der Waals surface area contributed by atoms with Crippen molar-refractivity contribution in [3.05, 3.63) is 57.9 Å². The van der Waals surface area contributed by atoms with E-state index in [0.717, 1.165) is 11.4 Å². The molecule has 1 atom stereocenters. The number of aliphatic hydroxyl groups excluding tert-OH is 1. The molecule has 2 aromatic rings. The second kappa shape index (κ2) is 7.44. The Hall–Kier alpha value is -2.11. The van der Waals surface area contributed by atoms with E-state index in [1.54, 1.807) is 30.3 Å². The Bertz CT molecular complexity index is 699. The van der Waals surface area contributed by atoms with Gasteiger partial charge in [0.2, 0.25) is 0 Å². The summed E-state index contributed by atoms with van der Waals surface area (Å²) in [7, 11) is 1.51.